The SMILES string of the molecule is CC(CC(N)=O)(NS(=O)(=O)C(C)(C)C)C1CC1. The van der Waals surface area contributed by atoms with Crippen LogP contribution in [0.1, 0.15) is 47.0 Å². The molecule has 6 heteroatoms. The molecule has 0 spiro atoms. The quantitative estimate of drug-likeness (QED) is 0.766. The minimum atomic E-state index is -3.46. The summed E-state index contributed by atoms with van der Waals surface area (Å²) in [4.78, 5) is 11.1. The van der Waals surface area contributed by atoms with Crippen molar-refractivity contribution in [2.24, 2.45) is 11.7 Å². The van der Waals surface area contributed by atoms with Crippen LogP contribution >= 0.6 is 0 Å². The fraction of sp³-hybridized carbons (Fsp3) is 0.909. The second-order valence-corrected chi connectivity index (χ2v) is 8.49. The summed E-state index contributed by atoms with van der Waals surface area (Å²) < 4.78 is 26.0. The van der Waals surface area contributed by atoms with Gasteiger partial charge in [-0.15, -0.1) is 0 Å². The first-order chi connectivity index (χ1) is 7.48. The van der Waals surface area contributed by atoms with E-state index >= 15 is 0 Å². The second-order valence-electron chi connectivity index (χ2n) is 6.05. The van der Waals surface area contributed by atoms with E-state index in [1.54, 1.807) is 27.7 Å². The number of amides is 1. The minimum absolute atomic E-state index is 0.0486. The number of hydrogen-bond acceptors (Lipinski definition) is 3. The van der Waals surface area contributed by atoms with Gasteiger partial charge in [0.2, 0.25) is 15.9 Å². The van der Waals surface area contributed by atoms with Gasteiger partial charge in [0.05, 0.1) is 4.75 Å². The van der Waals surface area contributed by atoms with Crippen molar-refractivity contribution in [1.82, 2.24) is 4.72 Å². The molecule has 0 aliphatic heterocycles. The predicted octanol–water partition coefficient (Wildman–Crippen LogP) is 0.748. The zero-order valence-corrected chi connectivity index (χ0v) is 11.7. The molecule has 1 saturated carbocycles. The fourth-order valence-corrected chi connectivity index (χ4v) is 2.97. The molecule has 1 rings (SSSR count). The van der Waals surface area contributed by atoms with Crippen LogP contribution in [0.4, 0.5) is 0 Å². The van der Waals surface area contributed by atoms with Crippen LogP contribution in [0.3, 0.4) is 0 Å². The Balaban J connectivity index is 2.92. The lowest BCUT2D eigenvalue weighted by molar-refractivity contribution is -0.119. The van der Waals surface area contributed by atoms with Crippen molar-refractivity contribution in [2.45, 2.75) is 57.2 Å². The summed E-state index contributed by atoms with van der Waals surface area (Å²) >= 11 is 0. The van der Waals surface area contributed by atoms with Crippen LogP contribution in [0.25, 0.3) is 0 Å². The molecule has 0 saturated heterocycles. The second kappa shape index (κ2) is 4.24. The minimum Gasteiger partial charge on any atom is -0.370 e. The van der Waals surface area contributed by atoms with Crippen LogP contribution in [0.15, 0.2) is 0 Å². The van der Waals surface area contributed by atoms with E-state index in [9.17, 15) is 13.2 Å². The van der Waals surface area contributed by atoms with Crippen molar-refractivity contribution in [3.05, 3.63) is 0 Å². The van der Waals surface area contributed by atoms with Gasteiger partial charge in [0.15, 0.2) is 0 Å². The van der Waals surface area contributed by atoms with E-state index in [1.807, 2.05) is 0 Å². The molecule has 1 aliphatic rings. The molecular weight excluding hydrogens is 240 g/mol. The first-order valence-corrected chi connectivity index (χ1v) is 7.28. The first-order valence-electron chi connectivity index (χ1n) is 5.80. The largest absolute Gasteiger partial charge is 0.370 e. The third-order valence-corrected chi connectivity index (χ3v) is 5.54. The van der Waals surface area contributed by atoms with Crippen LogP contribution in [0, 0.1) is 5.92 Å². The number of nitrogens with two attached hydrogens (primary N) is 1. The van der Waals surface area contributed by atoms with Crippen molar-refractivity contribution in [3.8, 4) is 0 Å². The Kier molecular flexibility index (Phi) is 3.60. The van der Waals surface area contributed by atoms with E-state index in [4.69, 9.17) is 5.73 Å². The van der Waals surface area contributed by atoms with E-state index in [2.05, 4.69) is 4.72 Å². The zero-order chi connectivity index (χ0) is 13.5. The van der Waals surface area contributed by atoms with Gasteiger partial charge in [-0.3, -0.25) is 4.79 Å². The highest BCUT2D eigenvalue weighted by Crippen LogP contribution is 2.42. The van der Waals surface area contributed by atoms with Crippen LogP contribution in [0.2, 0.25) is 0 Å². The van der Waals surface area contributed by atoms with E-state index < -0.39 is 26.2 Å². The summed E-state index contributed by atoms with van der Waals surface area (Å²) in [7, 11) is -3.46. The highest BCUT2D eigenvalue weighted by molar-refractivity contribution is 7.90. The third-order valence-electron chi connectivity index (χ3n) is 3.19. The number of nitrogens with one attached hydrogen (secondary N) is 1. The van der Waals surface area contributed by atoms with Crippen molar-refractivity contribution in [3.63, 3.8) is 0 Å². The molecule has 0 radical (unpaired) electrons. The number of carbonyl (C=O) groups excluding carboxylic acids is 1. The highest BCUT2D eigenvalue weighted by Gasteiger charge is 2.46. The lowest BCUT2D eigenvalue weighted by Crippen LogP contribution is -2.54. The van der Waals surface area contributed by atoms with E-state index in [0.717, 1.165) is 12.8 Å². The monoisotopic (exact) mass is 262 g/mol. The van der Waals surface area contributed by atoms with Crippen molar-refractivity contribution < 1.29 is 13.2 Å². The average Bonchev–Trinajstić information content (AvgIpc) is 2.78. The van der Waals surface area contributed by atoms with E-state index in [-0.39, 0.29) is 12.3 Å². The predicted molar refractivity (Wildman–Crippen MR) is 66.7 cm³/mol. The molecule has 0 aromatic heterocycles. The Morgan fingerprint density at radius 1 is 1.29 bits per heavy atom. The first kappa shape index (κ1) is 14.4. The lowest BCUT2D eigenvalue weighted by atomic mass is 9.93. The van der Waals surface area contributed by atoms with Crippen LogP contribution in [-0.4, -0.2) is 24.6 Å². The highest BCUT2D eigenvalue weighted by atomic mass is 32.2. The maximum atomic E-state index is 12.1. The topological polar surface area (TPSA) is 89.3 Å². The van der Waals surface area contributed by atoms with Crippen LogP contribution in [-0.2, 0) is 14.8 Å². The van der Waals surface area contributed by atoms with Gasteiger partial charge < -0.3 is 5.73 Å². The number of carbonyl (C=O) groups is 1. The van der Waals surface area contributed by atoms with E-state index in [1.165, 1.54) is 0 Å². The number of primary amides is 1. The molecule has 5 nitrogen and oxygen atoms in total. The average molecular weight is 262 g/mol. The van der Waals surface area contributed by atoms with Crippen LogP contribution in [0.5, 0.6) is 0 Å². The molecule has 1 amide bonds. The molecule has 0 heterocycles. The summed E-state index contributed by atoms with van der Waals surface area (Å²) in [6.07, 6.45) is 1.93. The smallest absolute Gasteiger partial charge is 0.219 e. The summed E-state index contributed by atoms with van der Waals surface area (Å²) in [6, 6.07) is 0. The zero-order valence-electron chi connectivity index (χ0n) is 10.9. The van der Waals surface area contributed by atoms with Crippen LogP contribution < -0.4 is 10.5 Å². The Morgan fingerprint density at radius 2 is 1.76 bits per heavy atom. The molecule has 0 aromatic carbocycles. The Labute approximate surface area is 103 Å². The molecular formula is C11H22N2O3S. The summed E-state index contributed by atoms with van der Waals surface area (Å²) in [5.74, 6) is -0.261. The van der Waals surface area contributed by atoms with E-state index in [0.29, 0.717) is 0 Å². The molecule has 0 bridgehead atoms. The summed E-state index contributed by atoms with van der Waals surface area (Å²) in [6.45, 7) is 6.66. The molecule has 100 valence electrons. The standard InChI is InChI=1S/C11H22N2O3S/c1-10(2,3)17(15,16)13-11(4,7-9(12)14)8-5-6-8/h8,13H,5-7H2,1-4H3,(H2,12,14). The summed E-state index contributed by atoms with van der Waals surface area (Å²) in [5, 5.41) is 0. The Morgan fingerprint density at radius 3 is 2.06 bits per heavy atom. The molecule has 1 fully saturated rings. The Bertz CT molecular complexity index is 407. The van der Waals surface area contributed by atoms with Gasteiger partial charge in [-0.1, -0.05) is 0 Å². The normalized spacial score (nSPS) is 20.9. The van der Waals surface area contributed by atoms with Gasteiger partial charge in [0.25, 0.3) is 0 Å². The Hall–Kier alpha value is -0.620. The van der Waals surface area contributed by atoms with Gasteiger partial charge in [0, 0.05) is 12.0 Å². The van der Waals surface area contributed by atoms with Crippen molar-refractivity contribution in [2.75, 3.05) is 0 Å². The summed E-state index contributed by atoms with van der Waals surface area (Å²) in [5.41, 5.74) is 4.46. The number of hydrogen-bond donors (Lipinski definition) is 2. The lowest BCUT2D eigenvalue weighted by Gasteiger charge is -2.33. The molecule has 17 heavy (non-hydrogen) atoms. The maximum absolute atomic E-state index is 12.1. The molecule has 3 N–H and O–H groups in total. The molecule has 1 unspecified atom stereocenters. The van der Waals surface area contributed by atoms with Gasteiger partial charge in [-0.25, -0.2) is 13.1 Å². The number of rotatable bonds is 5. The van der Waals surface area contributed by atoms with Gasteiger partial charge in [-0.05, 0) is 46.5 Å². The van der Waals surface area contributed by atoms with Crippen molar-refractivity contribution in [1.29, 1.82) is 0 Å². The van der Waals surface area contributed by atoms with Gasteiger partial charge >= 0.3 is 0 Å². The van der Waals surface area contributed by atoms with Gasteiger partial charge in [0.1, 0.15) is 0 Å². The third kappa shape index (κ3) is 3.42. The van der Waals surface area contributed by atoms with Crippen molar-refractivity contribution >= 4 is 15.9 Å². The number of sulfonamides is 1. The molecule has 0 aromatic rings. The fourth-order valence-electron chi connectivity index (χ4n) is 1.81. The maximum Gasteiger partial charge on any atom is 0.219 e. The molecule has 1 aliphatic carbocycles. The molecule has 1 atom stereocenters. The van der Waals surface area contributed by atoms with Gasteiger partial charge in [-0.2, -0.15) is 0 Å².